The Kier molecular flexibility index (Phi) is 37.9. The van der Waals surface area contributed by atoms with Crippen molar-refractivity contribution in [3.8, 4) is 0 Å². The lowest BCUT2D eigenvalue weighted by Crippen LogP contribution is -2.46. The predicted molar refractivity (Wildman–Crippen MR) is 218 cm³/mol. The number of aliphatic hydroxyl groups is 2. The number of allylic oxidation sites excluding steroid dienone is 1. The van der Waals surface area contributed by atoms with Gasteiger partial charge in [0.15, 0.2) is 0 Å². The second-order valence-electron chi connectivity index (χ2n) is 15.1. The molecule has 0 aliphatic rings. The highest BCUT2D eigenvalue weighted by Crippen LogP contribution is 2.43. The molecule has 0 rings (SSSR count). The molecule has 0 aromatic heterocycles. The summed E-state index contributed by atoms with van der Waals surface area (Å²) in [7, 11) is -4.39. The van der Waals surface area contributed by atoms with Crippen LogP contribution in [0.2, 0.25) is 0 Å². The van der Waals surface area contributed by atoms with E-state index in [2.05, 4.69) is 19.2 Å². The molecule has 310 valence electrons. The SMILES string of the molecule is CCCCCCCCCCCC/C=C/C(O)C(COP(=O)(O)OCCN)NC(=O)CC(O)CCCCCCCCCCCCCCCCCCCC. The number of hydrogen-bond donors (Lipinski definition) is 5. The minimum atomic E-state index is -4.39. The number of unbranched alkanes of at least 4 members (excludes halogenated alkanes) is 27. The Balaban J connectivity index is 4.24. The second kappa shape index (κ2) is 38.5. The van der Waals surface area contributed by atoms with Gasteiger partial charge in [-0.3, -0.25) is 13.8 Å². The number of carbonyl (C=O) groups excluding carboxylic acids is 1. The number of nitrogens with two attached hydrogens (primary N) is 1. The van der Waals surface area contributed by atoms with E-state index in [1.807, 2.05) is 6.08 Å². The van der Waals surface area contributed by atoms with Crippen molar-refractivity contribution in [3.05, 3.63) is 12.2 Å². The van der Waals surface area contributed by atoms with Crippen LogP contribution in [0, 0.1) is 0 Å². The summed E-state index contributed by atoms with van der Waals surface area (Å²) in [5, 5.41) is 24.0. The third-order valence-electron chi connectivity index (χ3n) is 9.92. The summed E-state index contributed by atoms with van der Waals surface area (Å²) in [5.74, 6) is -0.443. The summed E-state index contributed by atoms with van der Waals surface area (Å²) >= 11 is 0. The van der Waals surface area contributed by atoms with Gasteiger partial charge in [0.25, 0.3) is 0 Å². The molecule has 0 spiro atoms. The molecule has 1 amide bonds. The fraction of sp³-hybridized carbons (Fsp3) is 0.929. The molecule has 0 aliphatic heterocycles. The molecule has 0 bridgehead atoms. The average Bonchev–Trinajstić information content (AvgIpc) is 3.12. The van der Waals surface area contributed by atoms with Gasteiger partial charge in [0, 0.05) is 6.54 Å². The van der Waals surface area contributed by atoms with Crippen molar-refractivity contribution in [2.24, 2.45) is 5.73 Å². The second-order valence-corrected chi connectivity index (χ2v) is 16.6. The molecule has 0 aliphatic carbocycles. The van der Waals surface area contributed by atoms with Gasteiger partial charge in [-0.15, -0.1) is 0 Å². The molecular weight excluding hydrogens is 675 g/mol. The van der Waals surface area contributed by atoms with E-state index in [9.17, 15) is 24.5 Å². The van der Waals surface area contributed by atoms with Crippen molar-refractivity contribution in [1.82, 2.24) is 5.32 Å². The van der Waals surface area contributed by atoms with Crippen LogP contribution >= 0.6 is 7.82 Å². The van der Waals surface area contributed by atoms with Gasteiger partial charge in [-0.2, -0.15) is 0 Å². The largest absolute Gasteiger partial charge is 0.472 e. The summed E-state index contributed by atoms with van der Waals surface area (Å²) in [5.41, 5.74) is 5.36. The lowest BCUT2D eigenvalue weighted by molar-refractivity contribution is -0.124. The van der Waals surface area contributed by atoms with E-state index in [1.54, 1.807) is 6.08 Å². The van der Waals surface area contributed by atoms with E-state index in [0.29, 0.717) is 6.42 Å². The van der Waals surface area contributed by atoms with Gasteiger partial charge >= 0.3 is 7.82 Å². The van der Waals surface area contributed by atoms with Crippen LogP contribution in [0.25, 0.3) is 0 Å². The minimum absolute atomic E-state index is 0.0513. The first kappa shape index (κ1) is 51.2. The van der Waals surface area contributed by atoms with Crippen LogP contribution < -0.4 is 11.1 Å². The first-order valence-electron chi connectivity index (χ1n) is 21.9. The highest BCUT2D eigenvalue weighted by atomic mass is 31.2. The lowest BCUT2D eigenvalue weighted by atomic mass is 10.0. The van der Waals surface area contributed by atoms with Crippen molar-refractivity contribution in [1.29, 1.82) is 0 Å². The van der Waals surface area contributed by atoms with E-state index in [4.69, 9.17) is 14.8 Å². The Bertz CT molecular complexity index is 847. The smallest absolute Gasteiger partial charge is 0.393 e. The number of phosphoric acid groups is 1. The molecule has 0 saturated carbocycles. The number of amides is 1. The number of aliphatic hydroxyl groups excluding tert-OH is 2. The summed E-state index contributed by atoms with van der Waals surface area (Å²) in [6.07, 6.45) is 38.7. The highest BCUT2D eigenvalue weighted by Gasteiger charge is 2.27. The molecule has 10 heteroatoms. The third kappa shape index (κ3) is 36.2. The van der Waals surface area contributed by atoms with Crippen molar-refractivity contribution in [3.63, 3.8) is 0 Å². The van der Waals surface area contributed by atoms with Gasteiger partial charge in [0.2, 0.25) is 5.91 Å². The standard InChI is InChI=1S/C42H85N2O7P/c1-3-5-7-9-11-13-15-17-18-19-20-21-22-23-25-27-29-31-33-39(45)37-42(47)44-40(38-51-52(48,49)50-36-35-43)41(46)34-32-30-28-26-24-16-14-12-10-8-6-4-2/h32,34,39-41,45-46H,3-31,33,35-38,43H2,1-2H3,(H,44,47)(H,48,49)/b34-32+. The molecule has 4 unspecified atom stereocenters. The maximum atomic E-state index is 12.8. The first-order valence-corrected chi connectivity index (χ1v) is 23.4. The van der Waals surface area contributed by atoms with Gasteiger partial charge in [-0.1, -0.05) is 199 Å². The Hall–Kier alpha value is -0.800. The number of rotatable bonds is 41. The molecule has 0 saturated heterocycles. The zero-order valence-electron chi connectivity index (χ0n) is 33.9. The van der Waals surface area contributed by atoms with Gasteiger partial charge in [0.05, 0.1) is 37.9 Å². The van der Waals surface area contributed by atoms with Gasteiger partial charge in [-0.25, -0.2) is 4.57 Å². The van der Waals surface area contributed by atoms with Crippen molar-refractivity contribution in [2.75, 3.05) is 19.8 Å². The normalized spacial score (nSPS) is 14.8. The Morgan fingerprint density at radius 3 is 1.48 bits per heavy atom. The van der Waals surface area contributed by atoms with Crippen LogP contribution in [0.4, 0.5) is 0 Å². The molecular formula is C42H85N2O7P. The number of phosphoric ester groups is 1. The minimum Gasteiger partial charge on any atom is -0.393 e. The molecule has 0 radical (unpaired) electrons. The molecule has 4 atom stereocenters. The van der Waals surface area contributed by atoms with Crippen LogP contribution in [-0.2, 0) is 18.4 Å². The quantitative estimate of drug-likeness (QED) is 0.0235. The van der Waals surface area contributed by atoms with Crippen LogP contribution in [0.3, 0.4) is 0 Å². The van der Waals surface area contributed by atoms with Crippen molar-refractivity contribution in [2.45, 2.75) is 231 Å². The molecule has 0 fully saturated rings. The monoisotopic (exact) mass is 761 g/mol. The first-order chi connectivity index (χ1) is 25.3. The fourth-order valence-corrected chi connectivity index (χ4v) is 7.35. The Morgan fingerprint density at radius 2 is 1.06 bits per heavy atom. The zero-order chi connectivity index (χ0) is 38.4. The number of hydrogen-bond acceptors (Lipinski definition) is 7. The highest BCUT2D eigenvalue weighted by molar-refractivity contribution is 7.47. The summed E-state index contributed by atoms with van der Waals surface area (Å²) in [6.45, 7) is 3.98. The summed E-state index contributed by atoms with van der Waals surface area (Å²) in [6, 6.07) is -0.976. The molecule has 0 heterocycles. The van der Waals surface area contributed by atoms with E-state index in [1.165, 1.54) is 148 Å². The maximum absolute atomic E-state index is 12.8. The van der Waals surface area contributed by atoms with E-state index in [0.717, 1.165) is 38.5 Å². The Morgan fingerprint density at radius 1 is 0.654 bits per heavy atom. The molecule has 6 N–H and O–H groups in total. The van der Waals surface area contributed by atoms with Gasteiger partial charge < -0.3 is 26.2 Å². The molecule has 9 nitrogen and oxygen atoms in total. The topological polar surface area (TPSA) is 151 Å². The van der Waals surface area contributed by atoms with E-state index >= 15 is 0 Å². The van der Waals surface area contributed by atoms with Crippen molar-refractivity contribution < 1.29 is 33.5 Å². The summed E-state index contributed by atoms with van der Waals surface area (Å²) < 4.78 is 22.0. The molecule has 0 aromatic carbocycles. The van der Waals surface area contributed by atoms with Crippen LogP contribution in [0.5, 0.6) is 0 Å². The van der Waals surface area contributed by atoms with Crippen LogP contribution in [0.1, 0.15) is 213 Å². The third-order valence-corrected chi connectivity index (χ3v) is 10.9. The zero-order valence-corrected chi connectivity index (χ0v) is 34.8. The van der Waals surface area contributed by atoms with E-state index < -0.39 is 38.6 Å². The lowest BCUT2D eigenvalue weighted by Gasteiger charge is -2.24. The van der Waals surface area contributed by atoms with Crippen LogP contribution in [0.15, 0.2) is 12.2 Å². The maximum Gasteiger partial charge on any atom is 0.472 e. The summed E-state index contributed by atoms with van der Waals surface area (Å²) in [4.78, 5) is 22.7. The number of carbonyl (C=O) groups is 1. The van der Waals surface area contributed by atoms with Crippen molar-refractivity contribution >= 4 is 13.7 Å². The van der Waals surface area contributed by atoms with Gasteiger partial charge in [0.1, 0.15) is 0 Å². The van der Waals surface area contributed by atoms with Crippen LogP contribution in [-0.4, -0.2) is 59.0 Å². The molecule has 52 heavy (non-hydrogen) atoms. The molecule has 0 aromatic rings. The van der Waals surface area contributed by atoms with E-state index in [-0.39, 0.29) is 19.6 Å². The fourth-order valence-electron chi connectivity index (χ4n) is 6.59. The van der Waals surface area contributed by atoms with Gasteiger partial charge in [-0.05, 0) is 19.3 Å². The Labute approximate surface area is 320 Å². The predicted octanol–water partition coefficient (Wildman–Crippen LogP) is 11.0. The number of nitrogens with one attached hydrogen (secondary N) is 1. The average molecular weight is 761 g/mol.